The van der Waals surface area contributed by atoms with Gasteiger partial charge >= 0.3 is 5.97 Å². The summed E-state index contributed by atoms with van der Waals surface area (Å²) in [5.74, 6) is 0.237. The predicted molar refractivity (Wildman–Crippen MR) is 92.9 cm³/mol. The first-order valence-corrected chi connectivity index (χ1v) is 8.21. The van der Waals surface area contributed by atoms with E-state index in [1.54, 1.807) is 29.5 Å². The number of aryl methyl sites for hydroxylation is 1. The molecule has 0 unspecified atom stereocenters. The van der Waals surface area contributed by atoms with Crippen LogP contribution in [0.1, 0.15) is 22.2 Å². The van der Waals surface area contributed by atoms with Crippen molar-refractivity contribution in [3.05, 3.63) is 46.1 Å². The van der Waals surface area contributed by atoms with Gasteiger partial charge in [-0.25, -0.2) is 9.78 Å². The van der Waals surface area contributed by atoms with Gasteiger partial charge in [0.15, 0.2) is 0 Å². The van der Waals surface area contributed by atoms with Gasteiger partial charge in [-0.05, 0) is 42.3 Å². The molecule has 0 spiro atoms. The Kier molecular flexibility index (Phi) is 4.45. The highest BCUT2D eigenvalue weighted by molar-refractivity contribution is 7.18. The molecule has 2 aromatic heterocycles. The molecule has 1 aromatic carbocycles. The molecule has 0 saturated heterocycles. The van der Waals surface area contributed by atoms with Crippen molar-refractivity contribution >= 4 is 50.6 Å². The fourth-order valence-electron chi connectivity index (χ4n) is 2.19. The van der Waals surface area contributed by atoms with Crippen LogP contribution in [0.3, 0.4) is 0 Å². The molecule has 0 fully saturated rings. The first-order valence-electron chi connectivity index (χ1n) is 7.02. The second kappa shape index (κ2) is 6.52. The van der Waals surface area contributed by atoms with Crippen molar-refractivity contribution in [3.8, 4) is 0 Å². The summed E-state index contributed by atoms with van der Waals surface area (Å²) in [7, 11) is 1.35. The molecule has 0 aliphatic heterocycles. The number of nitrogens with one attached hydrogen (secondary N) is 1. The number of methoxy groups -OCH3 is 1. The molecule has 2 heterocycles. The Bertz CT molecular complexity index is 879. The summed E-state index contributed by atoms with van der Waals surface area (Å²) in [4.78, 5) is 22.2. The molecule has 1 N–H and O–H groups in total. The van der Waals surface area contributed by atoms with Crippen LogP contribution < -0.4 is 5.32 Å². The molecule has 0 radical (unpaired) electrons. The van der Waals surface area contributed by atoms with Crippen molar-refractivity contribution in [2.75, 3.05) is 12.4 Å². The van der Waals surface area contributed by atoms with Crippen LogP contribution in [0.15, 0.2) is 30.3 Å². The summed E-state index contributed by atoms with van der Waals surface area (Å²) in [6, 6.07) is 9.09. The maximum atomic E-state index is 11.6. The van der Waals surface area contributed by atoms with Gasteiger partial charge in [-0.3, -0.25) is 0 Å². The summed E-state index contributed by atoms with van der Waals surface area (Å²) < 4.78 is 4.74. The van der Waals surface area contributed by atoms with Crippen molar-refractivity contribution in [3.63, 3.8) is 0 Å². The van der Waals surface area contributed by atoms with Crippen molar-refractivity contribution in [1.82, 2.24) is 9.97 Å². The average molecular weight is 348 g/mol. The second-order valence-electron chi connectivity index (χ2n) is 4.82. The Morgan fingerprint density at radius 3 is 2.91 bits per heavy atom. The van der Waals surface area contributed by atoms with Gasteiger partial charge in [-0.1, -0.05) is 13.0 Å². The van der Waals surface area contributed by atoms with Crippen molar-refractivity contribution in [2.45, 2.75) is 13.3 Å². The van der Waals surface area contributed by atoms with E-state index < -0.39 is 0 Å². The zero-order valence-corrected chi connectivity index (χ0v) is 14.2. The lowest BCUT2D eigenvalue weighted by atomic mass is 10.2. The van der Waals surface area contributed by atoms with E-state index in [1.807, 2.05) is 6.07 Å². The Labute approximate surface area is 142 Å². The van der Waals surface area contributed by atoms with Crippen molar-refractivity contribution < 1.29 is 9.53 Å². The zero-order valence-electron chi connectivity index (χ0n) is 12.6. The molecule has 0 aliphatic rings. The molecule has 118 valence electrons. The Balaban J connectivity index is 2.01. The van der Waals surface area contributed by atoms with E-state index >= 15 is 0 Å². The number of carbonyl (C=O) groups excluding carboxylic acids is 1. The summed E-state index contributed by atoms with van der Waals surface area (Å²) >= 11 is 7.62. The summed E-state index contributed by atoms with van der Waals surface area (Å²) in [6.45, 7) is 2.09. The molecule has 5 nitrogen and oxygen atoms in total. The minimum Gasteiger partial charge on any atom is -0.465 e. The number of halogens is 1. The third kappa shape index (κ3) is 3.28. The molecule has 3 rings (SSSR count). The number of nitrogens with zero attached hydrogens (tertiary/aromatic N) is 2. The molecule has 7 heteroatoms. The van der Waals surface area contributed by atoms with E-state index in [1.165, 1.54) is 12.0 Å². The minimum absolute atomic E-state index is 0.189. The zero-order chi connectivity index (χ0) is 16.4. The van der Waals surface area contributed by atoms with Gasteiger partial charge in [-0.15, -0.1) is 11.3 Å². The minimum atomic E-state index is -0.386. The number of hydrogen-bond donors (Lipinski definition) is 1. The molecule has 0 aliphatic carbocycles. The van der Waals surface area contributed by atoms with Crippen LogP contribution in [0.2, 0.25) is 5.28 Å². The van der Waals surface area contributed by atoms with E-state index in [0.29, 0.717) is 11.4 Å². The second-order valence-corrected chi connectivity index (χ2v) is 6.28. The summed E-state index contributed by atoms with van der Waals surface area (Å²) in [5, 5.41) is 4.31. The number of aromatic nitrogens is 2. The Hall–Kier alpha value is -2.18. The highest BCUT2D eigenvalue weighted by atomic mass is 35.5. The van der Waals surface area contributed by atoms with Gasteiger partial charge in [0.25, 0.3) is 0 Å². The number of fused-ring (bicyclic) bond motifs is 1. The smallest absolute Gasteiger partial charge is 0.337 e. The van der Waals surface area contributed by atoms with Gasteiger partial charge in [0.2, 0.25) is 5.28 Å². The Morgan fingerprint density at radius 1 is 1.35 bits per heavy atom. The van der Waals surface area contributed by atoms with E-state index in [0.717, 1.165) is 22.3 Å². The molecule has 0 bridgehead atoms. The monoisotopic (exact) mass is 347 g/mol. The first-order chi connectivity index (χ1) is 11.1. The number of hydrogen-bond acceptors (Lipinski definition) is 6. The van der Waals surface area contributed by atoms with Crippen LogP contribution in [-0.2, 0) is 11.2 Å². The first kappa shape index (κ1) is 15.7. The number of esters is 1. The number of ether oxygens (including phenoxy) is 1. The van der Waals surface area contributed by atoms with Gasteiger partial charge in [0, 0.05) is 10.6 Å². The number of thiophene rings is 1. The molecule has 0 amide bonds. The highest BCUT2D eigenvalue weighted by Gasteiger charge is 2.12. The van der Waals surface area contributed by atoms with Gasteiger partial charge in [0.05, 0.1) is 18.1 Å². The summed E-state index contributed by atoms with van der Waals surface area (Å²) in [5.41, 5.74) is 1.20. The molecule has 0 atom stereocenters. The average Bonchev–Trinajstić information content (AvgIpc) is 2.97. The van der Waals surface area contributed by atoms with Gasteiger partial charge < -0.3 is 10.1 Å². The Morgan fingerprint density at radius 2 is 2.17 bits per heavy atom. The fourth-order valence-corrected chi connectivity index (χ4v) is 3.38. The standard InChI is InChI=1S/C16H14ClN3O2S/c1-3-11-8-12-13(19-16(17)20-14(12)23-11)18-10-6-4-5-9(7-10)15(21)22-2/h4-8H,3H2,1-2H3,(H,18,19,20). The van der Waals surface area contributed by atoms with E-state index in [9.17, 15) is 4.79 Å². The van der Waals surface area contributed by atoms with Crippen LogP contribution in [0.4, 0.5) is 11.5 Å². The maximum Gasteiger partial charge on any atom is 0.337 e. The number of rotatable bonds is 4. The topological polar surface area (TPSA) is 64.1 Å². The lowest BCUT2D eigenvalue weighted by Gasteiger charge is -2.08. The number of anilines is 2. The van der Waals surface area contributed by atoms with E-state index in [4.69, 9.17) is 16.3 Å². The molecule has 0 saturated carbocycles. The third-order valence-electron chi connectivity index (χ3n) is 3.31. The molecular formula is C16H14ClN3O2S. The molecule has 3 aromatic rings. The van der Waals surface area contributed by atoms with E-state index in [2.05, 4.69) is 28.3 Å². The highest BCUT2D eigenvalue weighted by Crippen LogP contribution is 2.32. The number of carbonyl (C=O) groups is 1. The predicted octanol–water partition coefficient (Wildman–Crippen LogP) is 4.44. The van der Waals surface area contributed by atoms with Gasteiger partial charge in [0.1, 0.15) is 10.6 Å². The number of benzene rings is 1. The maximum absolute atomic E-state index is 11.6. The normalized spacial score (nSPS) is 10.7. The van der Waals surface area contributed by atoms with Crippen molar-refractivity contribution in [1.29, 1.82) is 0 Å². The quantitative estimate of drug-likeness (QED) is 0.558. The largest absolute Gasteiger partial charge is 0.465 e. The lowest BCUT2D eigenvalue weighted by molar-refractivity contribution is 0.0601. The fraction of sp³-hybridized carbons (Fsp3) is 0.188. The van der Waals surface area contributed by atoms with Crippen molar-refractivity contribution in [2.24, 2.45) is 0 Å². The van der Waals surface area contributed by atoms with Crippen LogP contribution in [0, 0.1) is 0 Å². The van der Waals surface area contributed by atoms with Crippen LogP contribution >= 0.6 is 22.9 Å². The molecule has 23 heavy (non-hydrogen) atoms. The van der Waals surface area contributed by atoms with Crippen LogP contribution in [0.25, 0.3) is 10.2 Å². The summed E-state index contributed by atoms with van der Waals surface area (Å²) in [6.07, 6.45) is 0.926. The van der Waals surface area contributed by atoms with Crippen LogP contribution in [-0.4, -0.2) is 23.0 Å². The lowest BCUT2D eigenvalue weighted by Crippen LogP contribution is -2.02. The third-order valence-corrected chi connectivity index (χ3v) is 4.65. The van der Waals surface area contributed by atoms with Gasteiger partial charge in [-0.2, -0.15) is 4.98 Å². The molecular weight excluding hydrogens is 334 g/mol. The van der Waals surface area contributed by atoms with E-state index in [-0.39, 0.29) is 11.3 Å². The van der Waals surface area contributed by atoms with Crippen LogP contribution in [0.5, 0.6) is 0 Å². The SMILES string of the molecule is CCc1cc2c(Nc3cccc(C(=O)OC)c3)nc(Cl)nc2s1.